The van der Waals surface area contributed by atoms with Crippen LogP contribution in [0.4, 0.5) is 0 Å². The number of hydrogen-bond donors (Lipinski definition) is 0. The Bertz CT molecular complexity index is 1160. The van der Waals surface area contributed by atoms with Gasteiger partial charge in [-0.05, 0) is 50.3 Å². The van der Waals surface area contributed by atoms with Crippen LogP contribution in [0.3, 0.4) is 0 Å². The summed E-state index contributed by atoms with van der Waals surface area (Å²) in [6.07, 6.45) is 3.89. The molecule has 0 saturated heterocycles. The highest BCUT2D eigenvalue weighted by atomic mass is 16.1. The zero-order chi connectivity index (χ0) is 23.0. The predicted octanol–water partition coefficient (Wildman–Crippen LogP) is 6.39. The number of fused-ring (bicyclic) bond motifs is 5. The molecule has 2 heteroatoms. The fourth-order valence-corrected chi connectivity index (χ4v) is 5.77. The van der Waals surface area contributed by atoms with Crippen molar-refractivity contribution >= 4 is 22.7 Å². The molecule has 3 aliphatic carbocycles. The molecule has 0 N–H and O–H groups in total. The molecular weight excluding hydrogens is 392 g/mol. The summed E-state index contributed by atoms with van der Waals surface area (Å²) in [4.78, 5) is 26.2. The van der Waals surface area contributed by atoms with Crippen molar-refractivity contribution in [1.82, 2.24) is 0 Å². The third kappa shape index (κ3) is 3.15. The maximum Gasteiger partial charge on any atom is 0.160 e. The summed E-state index contributed by atoms with van der Waals surface area (Å²) in [6, 6.07) is 17.2. The van der Waals surface area contributed by atoms with Gasteiger partial charge in [0.2, 0.25) is 0 Å². The second-order valence-electron chi connectivity index (χ2n) is 11.7. The molecule has 2 aromatic rings. The largest absolute Gasteiger partial charge is 0.298 e. The molecule has 2 bridgehead atoms. The minimum atomic E-state index is -0.280. The molecular formula is C30H32O2. The maximum absolute atomic E-state index is 13.3. The highest BCUT2D eigenvalue weighted by molar-refractivity contribution is 6.16. The van der Waals surface area contributed by atoms with Gasteiger partial charge in [0.1, 0.15) is 5.78 Å². The summed E-state index contributed by atoms with van der Waals surface area (Å²) in [6.45, 7) is 13.2. The lowest BCUT2D eigenvalue weighted by Gasteiger charge is -2.27. The summed E-state index contributed by atoms with van der Waals surface area (Å²) in [5.74, 6) is -0.419. The summed E-state index contributed by atoms with van der Waals surface area (Å²) in [5.41, 5.74) is 7.05. The fraction of sp³-hybridized carbons (Fsp3) is 0.400. The molecule has 0 heterocycles. The van der Waals surface area contributed by atoms with E-state index in [0.29, 0.717) is 0 Å². The average molecular weight is 425 g/mol. The molecule has 32 heavy (non-hydrogen) atoms. The van der Waals surface area contributed by atoms with Gasteiger partial charge in [0, 0.05) is 17.8 Å². The summed E-state index contributed by atoms with van der Waals surface area (Å²) >= 11 is 0. The Morgan fingerprint density at radius 3 is 1.56 bits per heavy atom. The van der Waals surface area contributed by atoms with Crippen molar-refractivity contribution in [3.8, 4) is 0 Å². The molecule has 1 saturated carbocycles. The molecule has 3 aliphatic rings. The Morgan fingerprint density at radius 1 is 0.625 bits per heavy atom. The quantitative estimate of drug-likeness (QED) is 0.559. The number of allylic oxidation sites excluding steroid dienone is 4. The van der Waals surface area contributed by atoms with Gasteiger partial charge in [-0.15, -0.1) is 0 Å². The second kappa shape index (κ2) is 6.88. The minimum absolute atomic E-state index is 0.0391. The van der Waals surface area contributed by atoms with E-state index in [1.54, 1.807) is 0 Å². The van der Waals surface area contributed by atoms with E-state index in [1.807, 2.05) is 6.08 Å². The van der Waals surface area contributed by atoms with E-state index in [0.717, 1.165) is 22.3 Å². The van der Waals surface area contributed by atoms with Crippen LogP contribution in [0.5, 0.6) is 0 Å². The van der Waals surface area contributed by atoms with E-state index >= 15 is 0 Å². The predicted molar refractivity (Wildman–Crippen MR) is 130 cm³/mol. The maximum atomic E-state index is 13.3. The van der Waals surface area contributed by atoms with Gasteiger partial charge in [0.15, 0.2) is 5.78 Å². The lowest BCUT2D eigenvalue weighted by molar-refractivity contribution is -0.124. The number of Topliss-reactive ketones (excluding diaryl/α,β-unsaturated/α-hetero) is 1. The number of rotatable bonds is 2. The van der Waals surface area contributed by atoms with E-state index in [4.69, 9.17) is 0 Å². The Balaban J connectivity index is 1.50. The van der Waals surface area contributed by atoms with Crippen molar-refractivity contribution in [2.24, 2.45) is 23.7 Å². The molecule has 0 radical (unpaired) electrons. The van der Waals surface area contributed by atoms with E-state index in [1.165, 1.54) is 11.1 Å². The summed E-state index contributed by atoms with van der Waals surface area (Å²) < 4.78 is 0. The molecule has 2 aromatic carbocycles. The standard InChI is InChI=1S/C30H32O2/c1-29(2,3)19-11-7-17(8-12-19)21-15-23-25-24(31)16-22(26(25)27(21)28(23)32)18-9-13-20(14-10-18)30(4,5)6/h7-16,23,25-27H,1-6H3/t23-,25-,26+,27+/m0/s1. The van der Waals surface area contributed by atoms with E-state index < -0.39 is 0 Å². The van der Waals surface area contributed by atoms with Gasteiger partial charge >= 0.3 is 0 Å². The first-order valence-corrected chi connectivity index (χ1v) is 11.7. The Kier molecular flexibility index (Phi) is 4.54. The van der Waals surface area contributed by atoms with Crippen LogP contribution in [0.25, 0.3) is 11.1 Å². The number of carbonyl (C=O) groups is 2. The molecule has 1 fully saturated rings. The van der Waals surface area contributed by atoms with Crippen LogP contribution in [0.1, 0.15) is 63.8 Å². The van der Waals surface area contributed by atoms with Gasteiger partial charge in [-0.1, -0.05) is 96.1 Å². The molecule has 0 aliphatic heterocycles. The SMILES string of the molecule is CC(C)(C)c1ccc(C2=C[C@@H]3C(=O)[C@H]2[C@@H]2C(c4ccc(C(C)(C)C)cc4)=CC(=O)[C@@H]23)cc1. The van der Waals surface area contributed by atoms with Crippen LogP contribution in [-0.2, 0) is 20.4 Å². The van der Waals surface area contributed by atoms with Crippen LogP contribution >= 0.6 is 0 Å². The molecule has 0 aromatic heterocycles. The first-order chi connectivity index (χ1) is 15.0. The topological polar surface area (TPSA) is 34.1 Å². The lowest BCUT2D eigenvalue weighted by Crippen LogP contribution is -2.23. The Labute approximate surface area is 191 Å². The van der Waals surface area contributed by atoms with Crippen LogP contribution in [0.15, 0.2) is 60.7 Å². The highest BCUT2D eigenvalue weighted by Crippen LogP contribution is 2.59. The smallest absolute Gasteiger partial charge is 0.160 e. The van der Waals surface area contributed by atoms with Gasteiger partial charge in [-0.2, -0.15) is 0 Å². The van der Waals surface area contributed by atoms with Crippen LogP contribution in [0, 0.1) is 23.7 Å². The van der Waals surface area contributed by atoms with Crippen molar-refractivity contribution in [3.63, 3.8) is 0 Å². The number of benzene rings is 2. The van der Waals surface area contributed by atoms with E-state index in [2.05, 4.69) is 96.1 Å². The molecule has 0 spiro atoms. The molecule has 2 nitrogen and oxygen atoms in total. The first-order valence-electron chi connectivity index (χ1n) is 11.7. The van der Waals surface area contributed by atoms with Crippen molar-refractivity contribution in [1.29, 1.82) is 0 Å². The summed E-state index contributed by atoms with van der Waals surface area (Å²) in [7, 11) is 0. The molecule has 0 unspecified atom stereocenters. The van der Waals surface area contributed by atoms with Crippen LogP contribution < -0.4 is 0 Å². The number of ketones is 2. The summed E-state index contributed by atoms with van der Waals surface area (Å²) in [5, 5.41) is 0. The normalized spacial score (nSPS) is 26.9. The van der Waals surface area contributed by atoms with Crippen molar-refractivity contribution in [3.05, 3.63) is 82.9 Å². The first kappa shape index (κ1) is 21.1. The molecule has 5 rings (SSSR count). The Hall–Kier alpha value is -2.74. The van der Waals surface area contributed by atoms with Gasteiger partial charge in [0.05, 0.1) is 5.92 Å². The van der Waals surface area contributed by atoms with E-state index in [-0.39, 0.29) is 46.1 Å². The van der Waals surface area contributed by atoms with Crippen LogP contribution in [0.2, 0.25) is 0 Å². The monoisotopic (exact) mass is 424 g/mol. The second-order valence-corrected chi connectivity index (χ2v) is 11.7. The van der Waals surface area contributed by atoms with Crippen LogP contribution in [-0.4, -0.2) is 11.6 Å². The number of carbonyl (C=O) groups excluding carboxylic acids is 2. The van der Waals surface area contributed by atoms with Crippen molar-refractivity contribution in [2.45, 2.75) is 52.4 Å². The number of hydrogen-bond acceptors (Lipinski definition) is 2. The van der Waals surface area contributed by atoms with Crippen molar-refractivity contribution in [2.75, 3.05) is 0 Å². The van der Waals surface area contributed by atoms with E-state index in [9.17, 15) is 9.59 Å². The van der Waals surface area contributed by atoms with Gasteiger partial charge in [-0.25, -0.2) is 0 Å². The average Bonchev–Trinajstić information content (AvgIpc) is 3.34. The van der Waals surface area contributed by atoms with Gasteiger partial charge < -0.3 is 0 Å². The minimum Gasteiger partial charge on any atom is -0.298 e. The Morgan fingerprint density at radius 2 is 1.09 bits per heavy atom. The molecule has 0 amide bonds. The van der Waals surface area contributed by atoms with Gasteiger partial charge in [-0.3, -0.25) is 9.59 Å². The fourth-order valence-electron chi connectivity index (χ4n) is 5.77. The highest BCUT2D eigenvalue weighted by Gasteiger charge is 2.60. The zero-order valence-corrected chi connectivity index (χ0v) is 19.9. The third-order valence-corrected chi connectivity index (χ3v) is 7.62. The van der Waals surface area contributed by atoms with Gasteiger partial charge in [0.25, 0.3) is 0 Å². The zero-order valence-electron chi connectivity index (χ0n) is 19.9. The molecule has 4 atom stereocenters. The third-order valence-electron chi connectivity index (χ3n) is 7.62. The van der Waals surface area contributed by atoms with Crippen molar-refractivity contribution < 1.29 is 9.59 Å². The molecule has 164 valence electrons. The lowest BCUT2D eigenvalue weighted by atomic mass is 9.74.